The number of para-hydroxylation sites is 1. The lowest BCUT2D eigenvalue weighted by atomic mass is 10.1. The fourth-order valence-corrected chi connectivity index (χ4v) is 3.73. The fourth-order valence-electron chi connectivity index (χ4n) is 2.43. The first-order chi connectivity index (χ1) is 12.9. The van der Waals surface area contributed by atoms with Gasteiger partial charge in [-0.2, -0.15) is 0 Å². The molecule has 144 valence electrons. The number of carbonyl (C=O) groups is 3. The Kier molecular flexibility index (Phi) is 7.81. The first-order valence-electron chi connectivity index (χ1n) is 8.29. The van der Waals surface area contributed by atoms with Gasteiger partial charge in [0, 0.05) is 18.5 Å². The van der Waals surface area contributed by atoms with Crippen molar-refractivity contribution >= 4 is 52.2 Å². The minimum absolute atomic E-state index is 0.116. The average molecular weight is 409 g/mol. The zero-order valence-corrected chi connectivity index (χ0v) is 16.1. The first kappa shape index (κ1) is 20.9. The van der Waals surface area contributed by atoms with Crippen LogP contribution in [0.4, 0.5) is 0 Å². The van der Waals surface area contributed by atoms with Crippen molar-refractivity contribution in [1.29, 1.82) is 0 Å². The standard InChI is InChI=1S/C18H19NO6S2/c20-15(21)8-2-1-5-9-19-17(24)14(27-18(19)26)10-12-6-3-4-7-13(12)25-11-16(22)23/h3-4,6-7,10H,1-2,5,8-9,11H2,(H,20,21)(H,22,23). The summed E-state index contributed by atoms with van der Waals surface area (Å²) in [5.74, 6) is -1.75. The molecule has 2 N–H and O–H groups in total. The van der Waals surface area contributed by atoms with Gasteiger partial charge in [0.15, 0.2) is 6.61 Å². The van der Waals surface area contributed by atoms with E-state index in [1.807, 2.05) is 0 Å². The largest absolute Gasteiger partial charge is 0.481 e. The number of hydrogen-bond donors (Lipinski definition) is 2. The number of aliphatic carboxylic acids is 2. The number of carboxylic acids is 2. The van der Waals surface area contributed by atoms with Crippen molar-refractivity contribution in [3.8, 4) is 5.75 Å². The Morgan fingerprint density at radius 3 is 2.59 bits per heavy atom. The molecule has 1 heterocycles. The van der Waals surface area contributed by atoms with Gasteiger partial charge < -0.3 is 14.9 Å². The number of benzene rings is 1. The number of nitrogens with zero attached hydrogens (tertiary/aromatic N) is 1. The maximum absolute atomic E-state index is 12.6. The Labute approximate surface area is 166 Å². The topological polar surface area (TPSA) is 104 Å². The summed E-state index contributed by atoms with van der Waals surface area (Å²) in [6.07, 6.45) is 3.69. The van der Waals surface area contributed by atoms with Crippen molar-refractivity contribution in [1.82, 2.24) is 4.90 Å². The molecule has 0 aliphatic carbocycles. The Morgan fingerprint density at radius 1 is 1.15 bits per heavy atom. The number of ether oxygens (including phenoxy) is 1. The van der Waals surface area contributed by atoms with Gasteiger partial charge in [0.1, 0.15) is 10.1 Å². The van der Waals surface area contributed by atoms with Crippen LogP contribution in [0.2, 0.25) is 0 Å². The molecule has 2 rings (SSSR count). The second-order valence-corrected chi connectivity index (χ2v) is 7.43. The molecule has 0 saturated carbocycles. The summed E-state index contributed by atoms with van der Waals surface area (Å²) in [5, 5.41) is 17.4. The highest BCUT2D eigenvalue weighted by Gasteiger charge is 2.31. The van der Waals surface area contributed by atoms with Crippen LogP contribution in [0, 0.1) is 0 Å². The molecule has 0 spiro atoms. The number of thioether (sulfide) groups is 1. The summed E-state index contributed by atoms with van der Waals surface area (Å²) < 4.78 is 5.70. The summed E-state index contributed by atoms with van der Waals surface area (Å²) >= 11 is 6.45. The van der Waals surface area contributed by atoms with Crippen LogP contribution in [-0.2, 0) is 14.4 Å². The quantitative estimate of drug-likeness (QED) is 0.345. The van der Waals surface area contributed by atoms with Crippen LogP contribution in [-0.4, -0.2) is 50.4 Å². The SMILES string of the molecule is O=C(O)CCCCCN1C(=O)C(=Cc2ccccc2OCC(=O)O)SC1=S. The van der Waals surface area contributed by atoms with E-state index < -0.39 is 18.5 Å². The summed E-state index contributed by atoms with van der Waals surface area (Å²) in [6, 6.07) is 6.85. The Hall–Kier alpha value is -2.39. The smallest absolute Gasteiger partial charge is 0.341 e. The second kappa shape index (κ2) is 10.1. The molecule has 0 unspecified atom stereocenters. The molecular formula is C18H19NO6S2. The highest BCUT2D eigenvalue weighted by Crippen LogP contribution is 2.34. The normalized spacial score (nSPS) is 15.4. The van der Waals surface area contributed by atoms with Gasteiger partial charge in [0.25, 0.3) is 5.91 Å². The maximum atomic E-state index is 12.6. The number of thiocarbonyl (C=S) groups is 1. The van der Waals surface area contributed by atoms with E-state index in [-0.39, 0.29) is 12.3 Å². The molecule has 27 heavy (non-hydrogen) atoms. The van der Waals surface area contributed by atoms with Crippen LogP contribution in [0.3, 0.4) is 0 Å². The number of rotatable bonds is 10. The molecule has 0 radical (unpaired) electrons. The van der Waals surface area contributed by atoms with Gasteiger partial charge in [-0.25, -0.2) is 4.79 Å². The summed E-state index contributed by atoms with van der Waals surface area (Å²) in [6.45, 7) is -0.0268. The first-order valence-corrected chi connectivity index (χ1v) is 9.51. The fraction of sp³-hybridized carbons (Fsp3) is 0.333. The number of amides is 1. The number of hydrogen-bond acceptors (Lipinski definition) is 6. The van der Waals surface area contributed by atoms with Gasteiger partial charge >= 0.3 is 11.9 Å². The third-order valence-corrected chi connectivity index (χ3v) is 5.08. The van der Waals surface area contributed by atoms with Crippen LogP contribution in [0.25, 0.3) is 6.08 Å². The van der Waals surface area contributed by atoms with E-state index in [0.717, 1.165) is 0 Å². The minimum atomic E-state index is -1.08. The second-order valence-electron chi connectivity index (χ2n) is 5.76. The zero-order valence-electron chi connectivity index (χ0n) is 14.4. The molecule has 0 bridgehead atoms. The highest BCUT2D eigenvalue weighted by atomic mass is 32.2. The van der Waals surface area contributed by atoms with E-state index in [1.54, 1.807) is 30.3 Å². The lowest BCUT2D eigenvalue weighted by molar-refractivity contribution is -0.139. The van der Waals surface area contributed by atoms with E-state index in [2.05, 4.69) is 0 Å². The minimum Gasteiger partial charge on any atom is -0.481 e. The van der Waals surface area contributed by atoms with Crippen LogP contribution in [0.5, 0.6) is 5.75 Å². The Bertz CT molecular complexity index is 777. The molecule has 1 aliphatic heterocycles. The summed E-state index contributed by atoms with van der Waals surface area (Å²) in [5.41, 5.74) is 0.598. The van der Waals surface area contributed by atoms with Crippen LogP contribution < -0.4 is 4.74 Å². The monoisotopic (exact) mass is 409 g/mol. The van der Waals surface area contributed by atoms with E-state index in [9.17, 15) is 14.4 Å². The zero-order chi connectivity index (χ0) is 19.8. The van der Waals surface area contributed by atoms with Gasteiger partial charge in [0.2, 0.25) is 0 Å². The van der Waals surface area contributed by atoms with Gasteiger partial charge in [-0.1, -0.05) is 48.6 Å². The Balaban J connectivity index is 2.01. The molecule has 1 fully saturated rings. The third-order valence-electron chi connectivity index (χ3n) is 3.70. The third kappa shape index (κ3) is 6.37. The van der Waals surface area contributed by atoms with Crippen molar-refractivity contribution in [2.45, 2.75) is 25.7 Å². The molecule has 0 aromatic heterocycles. The van der Waals surface area contributed by atoms with Gasteiger partial charge in [-0.15, -0.1) is 0 Å². The Morgan fingerprint density at radius 2 is 1.89 bits per heavy atom. The van der Waals surface area contributed by atoms with Crippen molar-refractivity contribution < 1.29 is 29.3 Å². The van der Waals surface area contributed by atoms with Gasteiger partial charge in [-0.05, 0) is 25.0 Å². The molecule has 1 amide bonds. The molecule has 1 aromatic rings. The van der Waals surface area contributed by atoms with Crippen LogP contribution >= 0.6 is 24.0 Å². The van der Waals surface area contributed by atoms with Gasteiger partial charge in [0.05, 0.1) is 4.91 Å². The molecule has 0 atom stereocenters. The summed E-state index contributed by atoms with van der Waals surface area (Å²) in [7, 11) is 0. The molecule has 1 aromatic carbocycles. The predicted molar refractivity (Wildman–Crippen MR) is 106 cm³/mol. The molecular weight excluding hydrogens is 390 g/mol. The maximum Gasteiger partial charge on any atom is 0.341 e. The van der Waals surface area contributed by atoms with Gasteiger partial charge in [-0.3, -0.25) is 14.5 Å². The molecule has 9 heteroatoms. The van der Waals surface area contributed by atoms with Crippen LogP contribution in [0.1, 0.15) is 31.2 Å². The van der Waals surface area contributed by atoms with Crippen molar-refractivity contribution in [3.05, 3.63) is 34.7 Å². The van der Waals surface area contributed by atoms with E-state index in [1.165, 1.54) is 16.7 Å². The van der Waals surface area contributed by atoms with Crippen molar-refractivity contribution in [2.75, 3.05) is 13.2 Å². The lowest BCUT2D eigenvalue weighted by Crippen LogP contribution is -2.29. The van der Waals surface area contributed by atoms with E-state index in [4.69, 9.17) is 27.2 Å². The van der Waals surface area contributed by atoms with E-state index >= 15 is 0 Å². The number of unbranched alkanes of at least 4 members (excludes halogenated alkanes) is 2. The lowest BCUT2D eigenvalue weighted by Gasteiger charge is -2.13. The summed E-state index contributed by atoms with van der Waals surface area (Å²) in [4.78, 5) is 35.7. The van der Waals surface area contributed by atoms with Crippen molar-refractivity contribution in [3.63, 3.8) is 0 Å². The predicted octanol–water partition coefficient (Wildman–Crippen LogP) is 3.00. The molecule has 7 nitrogen and oxygen atoms in total. The van der Waals surface area contributed by atoms with Crippen molar-refractivity contribution in [2.24, 2.45) is 0 Å². The number of carbonyl (C=O) groups excluding carboxylic acids is 1. The molecule has 1 saturated heterocycles. The number of carboxylic acid groups (broad SMARTS) is 2. The van der Waals surface area contributed by atoms with E-state index in [0.29, 0.717) is 46.3 Å². The average Bonchev–Trinajstić information content (AvgIpc) is 2.87. The van der Waals surface area contributed by atoms with Crippen LogP contribution in [0.15, 0.2) is 29.2 Å². The molecule has 1 aliphatic rings. The highest BCUT2D eigenvalue weighted by molar-refractivity contribution is 8.26.